The third kappa shape index (κ3) is 2.34. The molecule has 7 heteroatoms. The van der Waals surface area contributed by atoms with Crippen LogP contribution in [-0.4, -0.2) is 71.1 Å². The molecule has 0 bridgehead atoms. The molecule has 1 atom stereocenters. The second-order valence-corrected chi connectivity index (χ2v) is 5.76. The molecule has 21 heavy (non-hydrogen) atoms. The zero-order valence-electron chi connectivity index (χ0n) is 12.3. The third-order valence-corrected chi connectivity index (χ3v) is 4.58. The summed E-state index contributed by atoms with van der Waals surface area (Å²) in [5.74, 6) is -0.0490. The Bertz CT molecular complexity index is 437. The lowest BCUT2D eigenvalue weighted by atomic mass is 10.0. The first kappa shape index (κ1) is 14.2. The van der Waals surface area contributed by atoms with Gasteiger partial charge in [0.05, 0.1) is 6.61 Å². The average Bonchev–Trinajstić information content (AvgIpc) is 3.05. The van der Waals surface area contributed by atoms with E-state index in [4.69, 9.17) is 4.74 Å². The van der Waals surface area contributed by atoms with E-state index in [1.165, 1.54) is 4.90 Å². The molecule has 0 radical (unpaired) electrons. The number of ether oxygens (including phenoxy) is 1. The summed E-state index contributed by atoms with van der Waals surface area (Å²) in [6, 6.07) is -0.459. The first-order valence-electron chi connectivity index (χ1n) is 7.69. The van der Waals surface area contributed by atoms with Gasteiger partial charge < -0.3 is 14.5 Å². The van der Waals surface area contributed by atoms with Crippen LogP contribution >= 0.6 is 0 Å². The van der Waals surface area contributed by atoms with Crippen molar-refractivity contribution in [1.82, 2.24) is 14.7 Å². The molecule has 116 valence electrons. The number of carbonyl (C=O) groups excluding carboxylic acids is 3. The molecule has 7 nitrogen and oxygen atoms in total. The van der Waals surface area contributed by atoms with Gasteiger partial charge in [0.2, 0.25) is 0 Å². The van der Waals surface area contributed by atoms with Crippen LogP contribution in [0.5, 0.6) is 0 Å². The molecule has 0 aromatic carbocycles. The number of piperidine rings is 1. The van der Waals surface area contributed by atoms with E-state index in [1.54, 1.807) is 16.7 Å². The Balaban J connectivity index is 1.61. The molecule has 3 rings (SSSR count). The Morgan fingerprint density at radius 3 is 2.52 bits per heavy atom. The predicted molar refractivity (Wildman–Crippen MR) is 73.6 cm³/mol. The molecule has 0 aromatic rings. The van der Waals surface area contributed by atoms with Crippen LogP contribution in [0.15, 0.2) is 0 Å². The number of fused-ring (bicyclic) bond motifs is 1. The first-order chi connectivity index (χ1) is 10.1. The van der Waals surface area contributed by atoms with E-state index in [0.29, 0.717) is 39.1 Å². The van der Waals surface area contributed by atoms with E-state index < -0.39 is 0 Å². The van der Waals surface area contributed by atoms with Crippen LogP contribution in [0.25, 0.3) is 0 Å². The van der Waals surface area contributed by atoms with E-state index in [2.05, 4.69) is 0 Å². The van der Waals surface area contributed by atoms with Crippen molar-refractivity contribution in [3.8, 4) is 0 Å². The highest BCUT2D eigenvalue weighted by atomic mass is 16.6. The molecule has 3 aliphatic heterocycles. The molecular weight excluding hydrogens is 274 g/mol. The van der Waals surface area contributed by atoms with Gasteiger partial charge in [0.25, 0.3) is 5.91 Å². The summed E-state index contributed by atoms with van der Waals surface area (Å²) in [5, 5.41) is 0. The average molecular weight is 295 g/mol. The fourth-order valence-electron chi connectivity index (χ4n) is 3.50. The zero-order valence-corrected chi connectivity index (χ0v) is 12.3. The van der Waals surface area contributed by atoms with Crippen LogP contribution in [0, 0.1) is 0 Å². The van der Waals surface area contributed by atoms with Crippen molar-refractivity contribution in [3.05, 3.63) is 0 Å². The van der Waals surface area contributed by atoms with Gasteiger partial charge in [-0.3, -0.25) is 9.69 Å². The lowest BCUT2D eigenvalue weighted by Crippen LogP contribution is -2.49. The van der Waals surface area contributed by atoms with Gasteiger partial charge in [-0.2, -0.15) is 0 Å². The zero-order chi connectivity index (χ0) is 15.0. The van der Waals surface area contributed by atoms with E-state index in [1.807, 2.05) is 0 Å². The molecule has 0 spiro atoms. The highest BCUT2D eigenvalue weighted by molar-refractivity contribution is 6.04. The SMILES string of the molecule is CCOC(=O)N1CCC(N2C(=O)[C@@H]3CCCN3C2=O)CC1. The molecule has 0 aromatic heterocycles. The summed E-state index contributed by atoms with van der Waals surface area (Å²) in [5.41, 5.74) is 0. The van der Waals surface area contributed by atoms with E-state index in [-0.39, 0.29) is 30.1 Å². The van der Waals surface area contributed by atoms with Crippen LogP contribution in [0.3, 0.4) is 0 Å². The van der Waals surface area contributed by atoms with Gasteiger partial charge in [-0.15, -0.1) is 0 Å². The van der Waals surface area contributed by atoms with Crippen LogP contribution in [-0.2, 0) is 9.53 Å². The normalized spacial score (nSPS) is 26.5. The van der Waals surface area contributed by atoms with Crippen molar-refractivity contribution in [2.24, 2.45) is 0 Å². The minimum absolute atomic E-state index is 0.0490. The lowest BCUT2D eigenvalue weighted by Gasteiger charge is -2.35. The summed E-state index contributed by atoms with van der Waals surface area (Å²) < 4.78 is 4.98. The maximum atomic E-state index is 12.4. The molecule has 3 aliphatic rings. The Hall–Kier alpha value is -1.79. The smallest absolute Gasteiger partial charge is 0.409 e. The van der Waals surface area contributed by atoms with Crippen LogP contribution in [0.2, 0.25) is 0 Å². The standard InChI is InChI=1S/C14H21N3O4/c1-2-21-14(20)15-8-5-10(6-9-15)17-12(18)11-4-3-7-16(11)13(17)19/h10-11H,2-9H2,1H3/t11-/m0/s1. The minimum atomic E-state index is -0.310. The Morgan fingerprint density at radius 1 is 1.19 bits per heavy atom. The highest BCUT2D eigenvalue weighted by Crippen LogP contribution is 2.31. The first-order valence-corrected chi connectivity index (χ1v) is 7.69. The van der Waals surface area contributed by atoms with Crippen molar-refractivity contribution in [1.29, 1.82) is 0 Å². The van der Waals surface area contributed by atoms with Crippen molar-refractivity contribution in [2.75, 3.05) is 26.2 Å². The fraction of sp³-hybridized carbons (Fsp3) is 0.786. The quantitative estimate of drug-likeness (QED) is 0.714. The van der Waals surface area contributed by atoms with E-state index in [9.17, 15) is 14.4 Å². The summed E-state index contributed by atoms with van der Waals surface area (Å²) in [6.45, 7) is 3.89. The van der Waals surface area contributed by atoms with E-state index >= 15 is 0 Å². The van der Waals surface area contributed by atoms with Gasteiger partial charge >= 0.3 is 12.1 Å². The van der Waals surface area contributed by atoms with Crippen molar-refractivity contribution in [2.45, 2.75) is 44.7 Å². The summed E-state index contributed by atoms with van der Waals surface area (Å²) in [6.07, 6.45) is 2.66. The second-order valence-electron chi connectivity index (χ2n) is 5.76. The highest BCUT2D eigenvalue weighted by Gasteiger charge is 2.50. The molecule has 0 unspecified atom stereocenters. The molecule has 3 saturated heterocycles. The van der Waals surface area contributed by atoms with Gasteiger partial charge in [0.15, 0.2) is 0 Å². The number of hydrogen-bond donors (Lipinski definition) is 0. The topological polar surface area (TPSA) is 70.2 Å². The molecule has 0 aliphatic carbocycles. The molecule has 3 fully saturated rings. The number of imide groups is 1. The van der Waals surface area contributed by atoms with Gasteiger partial charge in [0.1, 0.15) is 6.04 Å². The van der Waals surface area contributed by atoms with Gasteiger partial charge in [-0.25, -0.2) is 9.59 Å². The number of hydrogen-bond acceptors (Lipinski definition) is 4. The van der Waals surface area contributed by atoms with Crippen molar-refractivity contribution in [3.63, 3.8) is 0 Å². The maximum absolute atomic E-state index is 12.4. The monoisotopic (exact) mass is 295 g/mol. The Morgan fingerprint density at radius 2 is 1.90 bits per heavy atom. The fourth-order valence-corrected chi connectivity index (χ4v) is 3.50. The molecular formula is C14H21N3O4. The summed E-state index contributed by atoms with van der Waals surface area (Å²) in [4.78, 5) is 41.2. The Labute approximate surface area is 123 Å². The van der Waals surface area contributed by atoms with Crippen LogP contribution < -0.4 is 0 Å². The maximum Gasteiger partial charge on any atom is 0.409 e. The van der Waals surface area contributed by atoms with Gasteiger partial charge in [-0.05, 0) is 32.6 Å². The largest absolute Gasteiger partial charge is 0.450 e. The third-order valence-electron chi connectivity index (χ3n) is 4.58. The summed E-state index contributed by atoms with van der Waals surface area (Å²) >= 11 is 0. The van der Waals surface area contributed by atoms with Gasteiger partial charge in [-0.1, -0.05) is 0 Å². The molecule has 0 saturated carbocycles. The van der Waals surface area contributed by atoms with Crippen molar-refractivity contribution < 1.29 is 19.1 Å². The number of amides is 4. The number of rotatable bonds is 2. The predicted octanol–water partition coefficient (Wildman–Crippen LogP) is 1.03. The molecule has 4 amide bonds. The second kappa shape index (κ2) is 5.54. The van der Waals surface area contributed by atoms with Crippen LogP contribution in [0.1, 0.15) is 32.6 Å². The summed E-state index contributed by atoms with van der Waals surface area (Å²) in [7, 11) is 0. The Kier molecular flexibility index (Phi) is 3.73. The van der Waals surface area contributed by atoms with Crippen LogP contribution in [0.4, 0.5) is 9.59 Å². The number of carbonyl (C=O) groups is 3. The minimum Gasteiger partial charge on any atom is -0.450 e. The lowest BCUT2D eigenvalue weighted by molar-refractivity contribution is -0.130. The number of nitrogens with zero attached hydrogens (tertiary/aromatic N) is 3. The molecule has 3 heterocycles. The van der Waals surface area contributed by atoms with Gasteiger partial charge in [0, 0.05) is 25.7 Å². The molecule has 0 N–H and O–H groups in total. The number of likely N-dealkylation sites (tertiary alicyclic amines) is 1. The van der Waals surface area contributed by atoms with E-state index in [0.717, 1.165) is 12.8 Å². The number of urea groups is 1. The van der Waals surface area contributed by atoms with Crippen molar-refractivity contribution >= 4 is 18.0 Å².